The van der Waals surface area contributed by atoms with Crippen LogP contribution in [-0.4, -0.2) is 30.0 Å². The summed E-state index contributed by atoms with van der Waals surface area (Å²) in [5.41, 5.74) is -1.50. The second-order valence-corrected chi connectivity index (χ2v) is 4.59. The van der Waals surface area contributed by atoms with Crippen LogP contribution < -0.4 is 4.90 Å². The number of halogens is 3. The van der Waals surface area contributed by atoms with E-state index < -0.39 is 23.4 Å². The highest BCUT2D eigenvalue weighted by atomic mass is 19.4. The number of aliphatic hydroxyl groups is 1. The maximum Gasteiger partial charge on any atom is 0.416 e. The Labute approximate surface area is 107 Å². The second kappa shape index (κ2) is 4.41. The van der Waals surface area contributed by atoms with Crippen LogP contribution in [0, 0.1) is 0 Å². The first kappa shape index (κ1) is 13.7. The lowest BCUT2D eigenvalue weighted by Gasteiger charge is -2.29. The minimum atomic E-state index is -4.43. The fourth-order valence-corrected chi connectivity index (χ4v) is 1.90. The monoisotopic (exact) mass is 275 g/mol. The molecular formula is C12H12F3NO3. The SMILES string of the molecule is CC1(CO)COC(=O)N1c1ccc(C(F)(F)F)cc1. The molecule has 1 aromatic carbocycles. The zero-order valence-corrected chi connectivity index (χ0v) is 10.1. The van der Waals surface area contributed by atoms with E-state index in [0.29, 0.717) is 0 Å². The predicted octanol–water partition coefficient (Wildman–Crippen LogP) is 2.41. The molecule has 7 heteroatoms. The molecule has 19 heavy (non-hydrogen) atoms. The average Bonchev–Trinajstić information content (AvgIpc) is 2.65. The zero-order chi connectivity index (χ0) is 14.3. The van der Waals surface area contributed by atoms with Gasteiger partial charge in [-0.15, -0.1) is 0 Å². The van der Waals surface area contributed by atoms with Crippen LogP contribution in [0.4, 0.5) is 23.7 Å². The van der Waals surface area contributed by atoms with Gasteiger partial charge >= 0.3 is 12.3 Å². The van der Waals surface area contributed by atoms with E-state index in [2.05, 4.69) is 0 Å². The van der Waals surface area contributed by atoms with Crippen LogP contribution in [0.5, 0.6) is 0 Å². The van der Waals surface area contributed by atoms with E-state index in [1.807, 2.05) is 0 Å². The fourth-order valence-electron chi connectivity index (χ4n) is 1.90. The van der Waals surface area contributed by atoms with Crippen LogP contribution in [0.1, 0.15) is 12.5 Å². The van der Waals surface area contributed by atoms with Gasteiger partial charge in [-0.3, -0.25) is 4.90 Å². The molecule has 1 saturated heterocycles. The number of hydrogen-bond acceptors (Lipinski definition) is 3. The molecule has 0 radical (unpaired) electrons. The molecule has 1 unspecified atom stereocenters. The van der Waals surface area contributed by atoms with E-state index in [-0.39, 0.29) is 18.9 Å². The molecule has 0 aliphatic carbocycles. The highest BCUT2D eigenvalue weighted by molar-refractivity contribution is 5.91. The number of carbonyl (C=O) groups excluding carboxylic acids is 1. The van der Waals surface area contributed by atoms with Crippen molar-refractivity contribution in [2.45, 2.75) is 18.6 Å². The van der Waals surface area contributed by atoms with Gasteiger partial charge in [-0.25, -0.2) is 4.79 Å². The van der Waals surface area contributed by atoms with Crippen molar-refractivity contribution in [2.24, 2.45) is 0 Å². The lowest BCUT2D eigenvalue weighted by molar-refractivity contribution is -0.137. The summed E-state index contributed by atoms with van der Waals surface area (Å²) in [6.45, 7) is 1.23. The van der Waals surface area contributed by atoms with Crippen molar-refractivity contribution in [2.75, 3.05) is 18.1 Å². The van der Waals surface area contributed by atoms with Gasteiger partial charge in [0.2, 0.25) is 0 Å². The summed E-state index contributed by atoms with van der Waals surface area (Å²) in [7, 11) is 0. The molecule has 0 aromatic heterocycles. The van der Waals surface area contributed by atoms with E-state index in [1.54, 1.807) is 6.92 Å². The molecule has 1 aromatic rings. The van der Waals surface area contributed by atoms with Crippen molar-refractivity contribution < 1.29 is 27.8 Å². The number of benzene rings is 1. The molecular weight excluding hydrogens is 263 g/mol. The largest absolute Gasteiger partial charge is 0.447 e. The minimum absolute atomic E-state index is 0.0106. The van der Waals surface area contributed by atoms with Crippen LogP contribution in [0.2, 0.25) is 0 Å². The normalized spacial score (nSPS) is 23.6. The zero-order valence-electron chi connectivity index (χ0n) is 10.1. The van der Waals surface area contributed by atoms with Gasteiger partial charge in [-0.1, -0.05) is 0 Å². The molecule has 2 rings (SSSR count). The summed E-state index contributed by atoms with van der Waals surface area (Å²) < 4.78 is 42.2. The maximum absolute atomic E-state index is 12.4. The van der Waals surface area contributed by atoms with Crippen LogP contribution in [0.25, 0.3) is 0 Å². The molecule has 1 atom stereocenters. The van der Waals surface area contributed by atoms with Gasteiger partial charge in [0, 0.05) is 5.69 Å². The van der Waals surface area contributed by atoms with Crippen molar-refractivity contribution in [3.05, 3.63) is 29.8 Å². The molecule has 1 amide bonds. The number of ether oxygens (including phenoxy) is 1. The molecule has 0 spiro atoms. The molecule has 1 heterocycles. The van der Waals surface area contributed by atoms with Crippen LogP contribution in [0.3, 0.4) is 0 Å². The number of rotatable bonds is 2. The van der Waals surface area contributed by atoms with Gasteiger partial charge < -0.3 is 9.84 Å². The quantitative estimate of drug-likeness (QED) is 0.901. The van der Waals surface area contributed by atoms with E-state index in [1.165, 1.54) is 12.1 Å². The predicted molar refractivity (Wildman–Crippen MR) is 60.8 cm³/mol. The number of cyclic esters (lactones) is 1. The number of carbonyl (C=O) groups is 1. The van der Waals surface area contributed by atoms with Crippen LogP contribution in [0.15, 0.2) is 24.3 Å². The Bertz CT molecular complexity index is 486. The third-order valence-electron chi connectivity index (χ3n) is 3.02. The Balaban J connectivity index is 2.34. The molecule has 1 N–H and O–H groups in total. The number of aliphatic hydroxyl groups excluding tert-OH is 1. The Morgan fingerprint density at radius 2 is 1.95 bits per heavy atom. The lowest BCUT2D eigenvalue weighted by Crippen LogP contribution is -2.47. The smallest absolute Gasteiger partial charge is 0.416 e. The van der Waals surface area contributed by atoms with Crippen molar-refractivity contribution in [1.29, 1.82) is 0 Å². The first-order valence-electron chi connectivity index (χ1n) is 5.53. The molecule has 1 aliphatic rings. The van der Waals surface area contributed by atoms with Gasteiger partial charge in [0.1, 0.15) is 12.1 Å². The highest BCUT2D eigenvalue weighted by Gasteiger charge is 2.44. The molecule has 0 bridgehead atoms. The summed E-state index contributed by atoms with van der Waals surface area (Å²) in [5.74, 6) is 0. The molecule has 1 fully saturated rings. The van der Waals surface area contributed by atoms with Gasteiger partial charge in [0.05, 0.1) is 12.2 Å². The Morgan fingerprint density at radius 1 is 1.37 bits per heavy atom. The van der Waals surface area contributed by atoms with Gasteiger partial charge in [0.25, 0.3) is 0 Å². The van der Waals surface area contributed by atoms with Gasteiger partial charge in [-0.2, -0.15) is 13.2 Å². The Morgan fingerprint density at radius 3 is 2.42 bits per heavy atom. The van der Waals surface area contributed by atoms with Crippen molar-refractivity contribution in [1.82, 2.24) is 0 Å². The third-order valence-corrected chi connectivity index (χ3v) is 3.02. The van der Waals surface area contributed by atoms with Gasteiger partial charge in [0.15, 0.2) is 0 Å². The Hall–Kier alpha value is -1.76. The number of alkyl halides is 3. The summed E-state index contributed by atoms with van der Waals surface area (Å²) in [6.07, 6.45) is -5.11. The standard InChI is InChI=1S/C12H12F3NO3/c1-11(6-17)7-19-10(18)16(11)9-4-2-8(3-5-9)12(13,14)15/h2-5,17H,6-7H2,1H3. The number of amides is 1. The van der Waals surface area contributed by atoms with Crippen molar-refractivity contribution >= 4 is 11.8 Å². The highest BCUT2D eigenvalue weighted by Crippen LogP contribution is 2.34. The maximum atomic E-state index is 12.4. The van der Waals surface area contributed by atoms with Gasteiger partial charge in [-0.05, 0) is 31.2 Å². The first-order chi connectivity index (χ1) is 8.78. The van der Waals surface area contributed by atoms with Crippen molar-refractivity contribution in [3.8, 4) is 0 Å². The van der Waals surface area contributed by atoms with Crippen LogP contribution >= 0.6 is 0 Å². The molecule has 104 valence electrons. The summed E-state index contributed by atoms with van der Waals surface area (Å²) in [5, 5.41) is 9.30. The third kappa shape index (κ3) is 2.37. The molecule has 4 nitrogen and oxygen atoms in total. The van der Waals surface area contributed by atoms with Crippen LogP contribution in [-0.2, 0) is 10.9 Å². The number of anilines is 1. The fraction of sp³-hybridized carbons (Fsp3) is 0.417. The van der Waals surface area contributed by atoms with Crippen molar-refractivity contribution in [3.63, 3.8) is 0 Å². The Kier molecular flexibility index (Phi) is 3.17. The topological polar surface area (TPSA) is 49.8 Å². The lowest BCUT2D eigenvalue weighted by atomic mass is 10.0. The second-order valence-electron chi connectivity index (χ2n) is 4.59. The first-order valence-corrected chi connectivity index (χ1v) is 5.53. The van der Waals surface area contributed by atoms with E-state index in [0.717, 1.165) is 17.0 Å². The molecule has 0 saturated carbocycles. The number of hydrogen-bond donors (Lipinski definition) is 1. The number of nitrogens with zero attached hydrogens (tertiary/aromatic N) is 1. The van der Waals surface area contributed by atoms with E-state index >= 15 is 0 Å². The average molecular weight is 275 g/mol. The van der Waals surface area contributed by atoms with E-state index in [9.17, 15) is 23.1 Å². The summed E-state index contributed by atoms with van der Waals surface area (Å²) in [6, 6.07) is 4.14. The minimum Gasteiger partial charge on any atom is -0.447 e. The molecule has 1 aliphatic heterocycles. The van der Waals surface area contributed by atoms with E-state index in [4.69, 9.17) is 4.74 Å². The summed E-state index contributed by atoms with van der Waals surface area (Å²) in [4.78, 5) is 12.8. The summed E-state index contributed by atoms with van der Waals surface area (Å²) >= 11 is 0.